The summed E-state index contributed by atoms with van der Waals surface area (Å²) >= 11 is 0. The van der Waals surface area contributed by atoms with Gasteiger partial charge in [-0.3, -0.25) is 14.2 Å². The van der Waals surface area contributed by atoms with Gasteiger partial charge in [-0.05, 0) is 43.5 Å². The molecule has 2 aromatic heterocycles. The molecule has 0 aliphatic heterocycles. The van der Waals surface area contributed by atoms with Crippen LogP contribution in [-0.2, 0) is 30.5 Å². The molecule has 0 aliphatic carbocycles. The van der Waals surface area contributed by atoms with Crippen LogP contribution in [0, 0.1) is 13.8 Å². The minimum Gasteiger partial charge on any atom is -0.350 e. The standard InChI is InChI=1S/C26H25F3N4O2/c1-4-18-9-11-20(12-10-18)33-25-24(17(3)31-33)21(26(27,28)29)13-23(35)32(25)15-22(34)30-14-19-7-5-16(2)6-8-19/h5-13H,4,14-15H2,1-3H3,(H,30,34). The number of aryl methyl sites for hydroxylation is 3. The molecule has 182 valence electrons. The number of hydrogen-bond donors (Lipinski definition) is 1. The second-order valence-corrected chi connectivity index (χ2v) is 8.46. The highest BCUT2D eigenvalue weighted by Crippen LogP contribution is 2.36. The lowest BCUT2D eigenvalue weighted by Gasteiger charge is -2.15. The number of carbonyl (C=O) groups is 1. The van der Waals surface area contributed by atoms with Gasteiger partial charge in [-0.1, -0.05) is 48.9 Å². The number of amides is 1. The van der Waals surface area contributed by atoms with E-state index in [-0.39, 0.29) is 23.3 Å². The van der Waals surface area contributed by atoms with Crippen molar-refractivity contribution in [3.63, 3.8) is 0 Å². The van der Waals surface area contributed by atoms with E-state index in [2.05, 4.69) is 10.4 Å². The molecule has 35 heavy (non-hydrogen) atoms. The summed E-state index contributed by atoms with van der Waals surface area (Å²) in [6.07, 6.45) is -3.96. The van der Waals surface area contributed by atoms with E-state index in [0.29, 0.717) is 11.8 Å². The fourth-order valence-corrected chi connectivity index (χ4v) is 3.99. The Balaban J connectivity index is 1.79. The monoisotopic (exact) mass is 482 g/mol. The molecule has 9 heteroatoms. The van der Waals surface area contributed by atoms with Gasteiger partial charge in [0.25, 0.3) is 5.56 Å². The number of nitrogens with one attached hydrogen (secondary N) is 1. The summed E-state index contributed by atoms with van der Waals surface area (Å²) in [7, 11) is 0. The molecule has 2 aromatic carbocycles. The Morgan fingerprint density at radius 3 is 2.23 bits per heavy atom. The van der Waals surface area contributed by atoms with Crippen molar-refractivity contribution < 1.29 is 18.0 Å². The summed E-state index contributed by atoms with van der Waals surface area (Å²) in [4.78, 5) is 25.6. The number of halogens is 3. The van der Waals surface area contributed by atoms with Crippen LogP contribution in [0.4, 0.5) is 13.2 Å². The van der Waals surface area contributed by atoms with Crippen molar-refractivity contribution >= 4 is 16.9 Å². The van der Waals surface area contributed by atoms with E-state index < -0.39 is 29.8 Å². The van der Waals surface area contributed by atoms with Crippen LogP contribution in [-0.4, -0.2) is 20.3 Å². The molecule has 6 nitrogen and oxygen atoms in total. The Morgan fingerprint density at radius 2 is 1.63 bits per heavy atom. The minimum absolute atomic E-state index is 0.0722. The van der Waals surface area contributed by atoms with Crippen LogP contribution in [0.15, 0.2) is 59.4 Å². The zero-order valence-corrected chi connectivity index (χ0v) is 19.6. The molecule has 0 saturated heterocycles. The Morgan fingerprint density at radius 1 is 1.00 bits per heavy atom. The highest BCUT2D eigenvalue weighted by molar-refractivity contribution is 5.86. The molecule has 2 heterocycles. The number of hydrogen-bond acceptors (Lipinski definition) is 3. The van der Waals surface area contributed by atoms with Crippen molar-refractivity contribution in [2.24, 2.45) is 0 Å². The molecule has 0 spiro atoms. The lowest BCUT2D eigenvalue weighted by Crippen LogP contribution is -2.33. The third-order valence-electron chi connectivity index (χ3n) is 5.90. The van der Waals surface area contributed by atoms with Gasteiger partial charge in [0.1, 0.15) is 12.2 Å². The molecule has 0 saturated carbocycles. The van der Waals surface area contributed by atoms with Gasteiger partial charge in [0.05, 0.1) is 22.3 Å². The maximum absolute atomic E-state index is 13.9. The number of benzene rings is 2. The van der Waals surface area contributed by atoms with E-state index in [0.717, 1.165) is 27.7 Å². The van der Waals surface area contributed by atoms with Gasteiger partial charge in [0.2, 0.25) is 5.91 Å². The number of nitrogens with zero attached hydrogens (tertiary/aromatic N) is 3. The van der Waals surface area contributed by atoms with Crippen molar-refractivity contribution in [2.75, 3.05) is 0 Å². The Hall–Kier alpha value is -3.88. The van der Waals surface area contributed by atoms with Crippen LogP contribution < -0.4 is 10.9 Å². The summed E-state index contributed by atoms with van der Waals surface area (Å²) in [5.74, 6) is -0.500. The van der Waals surface area contributed by atoms with Crippen molar-refractivity contribution in [1.29, 1.82) is 0 Å². The van der Waals surface area contributed by atoms with E-state index in [1.807, 2.05) is 50.2 Å². The third-order valence-corrected chi connectivity index (χ3v) is 5.90. The predicted molar refractivity (Wildman–Crippen MR) is 127 cm³/mol. The molecular weight excluding hydrogens is 457 g/mol. The summed E-state index contributed by atoms with van der Waals surface area (Å²) < 4.78 is 43.9. The zero-order chi connectivity index (χ0) is 25.3. The summed E-state index contributed by atoms with van der Waals surface area (Å²) in [6, 6.07) is 15.3. The smallest absolute Gasteiger partial charge is 0.350 e. The third kappa shape index (κ3) is 4.99. The molecule has 4 rings (SSSR count). The second kappa shape index (κ2) is 9.40. The average molecular weight is 483 g/mol. The molecule has 1 N–H and O–H groups in total. The molecule has 0 aliphatic rings. The quantitative estimate of drug-likeness (QED) is 0.433. The number of rotatable bonds is 6. The fourth-order valence-electron chi connectivity index (χ4n) is 3.99. The van der Waals surface area contributed by atoms with Crippen molar-refractivity contribution in [2.45, 2.75) is 46.5 Å². The zero-order valence-electron chi connectivity index (χ0n) is 19.6. The number of carbonyl (C=O) groups excluding carboxylic acids is 1. The van der Waals surface area contributed by atoms with E-state index in [1.165, 1.54) is 11.6 Å². The molecule has 0 fully saturated rings. The van der Waals surface area contributed by atoms with E-state index in [4.69, 9.17) is 0 Å². The van der Waals surface area contributed by atoms with Gasteiger partial charge in [-0.15, -0.1) is 0 Å². The van der Waals surface area contributed by atoms with Crippen molar-refractivity contribution in [3.8, 4) is 5.69 Å². The largest absolute Gasteiger partial charge is 0.417 e. The molecular formula is C26H25F3N4O2. The summed E-state index contributed by atoms with van der Waals surface area (Å²) in [5, 5.41) is 6.85. The Kier molecular flexibility index (Phi) is 6.51. The van der Waals surface area contributed by atoms with Crippen LogP contribution >= 0.6 is 0 Å². The van der Waals surface area contributed by atoms with E-state index in [9.17, 15) is 22.8 Å². The van der Waals surface area contributed by atoms with Crippen LogP contribution in [0.5, 0.6) is 0 Å². The number of fused-ring (bicyclic) bond motifs is 1. The molecule has 0 unspecified atom stereocenters. The van der Waals surface area contributed by atoms with Crippen LogP contribution in [0.3, 0.4) is 0 Å². The van der Waals surface area contributed by atoms with Crippen LogP contribution in [0.1, 0.15) is 34.9 Å². The minimum atomic E-state index is -4.76. The molecule has 4 aromatic rings. The number of pyridine rings is 1. The van der Waals surface area contributed by atoms with E-state index >= 15 is 0 Å². The SMILES string of the molecule is CCc1ccc(-n2nc(C)c3c(C(F)(F)F)cc(=O)n(CC(=O)NCc4ccc(C)cc4)c32)cc1. The van der Waals surface area contributed by atoms with Crippen LogP contribution in [0.2, 0.25) is 0 Å². The predicted octanol–water partition coefficient (Wildman–Crippen LogP) is 4.70. The van der Waals surface area contributed by atoms with Crippen LogP contribution in [0.25, 0.3) is 16.7 Å². The van der Waals surface area contributed by atoms with Gasteiger partial charge >= 0.3 is 6.18 Å². The maximum Gasteiger partial charge on any atom is 0.417 e. The van der Waals surface area contributed by atoms with Gasteiger partial charge in [-0.2, -0.15) is 18.3 Å². The normalized spacial score (nSPS) is 11.7. The first kappa shape index (κ1) is 24.3. The molecule has 0 bridgehead atoms. The van der Waals surface area contributed by atoms with Gasteiger partial charge in [0, 0.05) is 12.6 Å². The topological polar surface area (TPSA) is 68.9 Å². The highest BCUT2D eigenvalue weighted by Gasteiger charge is 2.36. The fraction of sp³-hybridized carbons (Fsp3) is 0.269. The van der Waals surface area contributed by atoms with E-state index in [1.54, 1.807) is 12.1 Å². The second-order valence-electron chi connectivity index (χ2n) is 8.46. The number of alkyl halides is 3. The lowest BCUT2D eigenvalue weighted by molar-refractivity contribution is -0.136. The molecule has 1 amide bonds. The lowest BCUT2D eigenvalue weighted by atomic mass is 10.1. The Labute approximate surface area is 200 Å². The highest BCUT2D eigenvalue weighted by atomic mass is 19.4. The Bertz CT molecular complexity index is 1430. The molecule has 0 atom stereocenters. The maximum atomic E-state index is 13.9. The summed E-state index contributed by atoms with van der Waals surface area (Å²) in [5.41, 5.74) is 1.53. The van der Waals surface area contributed by atoms with Gasteiger partial charge in [-0.25, -0.2) is 4.68 Å². The van der Waals surface area contributed by atoms with Gasteiger partial charge < -0.3 is 5.32 Å². The average Bonchev–Trinajstić information content (AvgIpc) is 3.16. The first-order valence-corrected chi connectivity index (χ1v) is 11.2. The molecule has 0 radical (unpaired) electrons. The van der Waals surface area contributed by atoms with Crippen molar-refractivity contribution in [3.05, 3.63) is 92.9 Å². The number of aromatic nitrogens is 3. The van der Waals surface area contributed by atoms with Crippen molar-refractivity contribution in [1.82, 2.24) is 19.7 Å². The van der Waals surface area contributed by atoms with Gasteiger partial charge in [0.15, 0.2) is 0 Å². The summed E-state index contributed by atoms with van der Waals surface area (Å²) in [6.45, 7) is 5.18. The first-order chi connectivity index (χ1) is 16.6. The first-order valence-electron chi connectivity index (χ1n) is 11.2.